The molecule has 0 fully saturated rings. The van der Waals surface area contributed by atoms with Crippen LogP contribution < -0.4 is 11.0 Å². The molecule has 1 heterocycles. The number of H-pyrrole nitrogens is 1. The van der Waals surface area contributed by atoms with E-state index in [2.05, 4.69) is 26.2 Å². The fourth-order valence-corrected chi connectivity index (χ4v) is 2.94. The highest BCUT2D eigenvalue weighted by Crippen LogP contribution is 2.23. The molecule has 3 aromatic rings. The number of carbonyl (C=O) groups is 1. The molecule has 3 rings (SSSR count). The third kappa shape index (κ3) is 3.19. The topological polar surface area (TPSA) is 66.9 Å². The third-order valence-corrected chi connectivity index (χ3v) is 4.09. The first-order valence-electron chi connectivity index (χ1n) is 6.88. The Hall–Kier alpha value is -2.41. The summed E-state index contributed by atoms with van der Waals surface area (Å²) in [6, 6.07) is 9.49. The number of aromatic amines is 1. The number of halogens is 2. The zero-order valence-corrected chi connectivity index (χ0v) is 13.8. The molecule has 0 aliphatic heterocycles. The summed E-state index contributed by atoms with van der Waals surface area (Å²) in [6.45, 7) is 1.78. The zero-order valence-electron chi connectivity index (χ0n) is 12.2. The van der Waals surface area contributed by atoms with Gasteiger partial charge in [-0.05, 0) is 58.7 Å². The molecule has 2 N–H and O–H groups in total. The van der Waals surface area contributed by atoms with E-state index in [0.717, 1.165) is 10.0 Å². The molecule has 2 aromatic carbocycles. The number of carbonyl (C=O) groups excluding carboxylic acids is 1. The molecule has 5 nitrogen and oxygen atoms in total. The number of rotatable bonds is 3. The summed E-state index contributed by atoms with van der Waals surface area (Å²) in [6.07, 6.45) is 0. The maximum atomic E-state index is 13.2. The van der Waals surface area contributed by atoms with E-state index in [4.69, 9.17) is 0 Å². The number of nitrogens with zero attached hydrogens (tertiary/aromatic N) is 1. The summed E-state index contributed by atoms with van der Waals surface area (Å²) in [5.74, 6) is -0.791. The van der Waals surface area contributed by atoms with Gasteiger partial charge < -0.3 is 10.3 Å². The molecule has 0 atom stereocenters. The van der Waals surface area contributed by atoms with E-state index >= 15 is 0 Å². The molecule has 0 radical (unpaired) electrons. The molecule has 0 aliphatic carbocycles. The van der Waals surface area contributed by atoms with E-state index < -0.39 is 11.5 Å². The van der Waals surface area contributed by atoms with Crippen LogP contribution in [-0.4, -0.2) is 15.5 Å². The number of imidazole rings is 1. The van der Waals surface area contributed by atoms with Crippen LogP contribution in [0, 0.1) is 12.7 Å². The van der Waals surface area contributed by atoms with E-state index in [1.165, 1.54) is 22.8 Å². The van der Waals surface area contributed by atoms with Crippen molar-refractivity contribution in [1.82, 2.24) is 9.55 Å². The van der Waals surface area contributed by atoms with Crippen molar-refractivity contribution in [2.75, 3.05) is 5.32 Å². The summed E-state index contributed by atoms with van der Waals surface area (Å²) in [5, 5.41) is 2.75. The Kier molecular flexibility index (Phi) is 4.04. The van der Waals surface area contributed by atoms with E-state index in [9.17, 15) is 14.0 Å². The number of hydrogen-bond acceptors (Lipinski definition) is 2. The Morgan fingerprint density at radius 1 is 1.30 bits per heavy atom. The molecule has 0 bridgehead atoms. The number of nitrogens with one attached hydrogen (secondary N) is 2. The average Bonchev–Trinajstić information content (AvgIpc) is 2.77. The monoisotopic (exact) mass is 377 g/mol. The van der Waals surface area contributed by atoms with E-state index in [-0.39, 0.29) is 12.5 Å². The molecule has 0 unspecified atom stereocenters. The molecule has 7 heteroatoms. The Labute approximate surface area is 139 Å². The lowest BCUT2D eigenvalue weighted by Gasteiger charge is -2.09. The van der Waals surface area contributed by atoms with Gasteiger partial charge in [-0.15, -0.1) is 0 Å². The number of aromatic nitrogens is 2. The van der Waals surface area contributed by atoms with Gasteiger partial charge in [0, 0.05) is 4.47 Å². The third-order valence-electron chi connectivity index (χ3n) is 3.44. The van der Waals surface area contributed by atoms with Crippen molar-refractivity contribution in [1.29, 1.82) is 0 Å². The Balaban J connectivity index is 1.86. The van der Waals surface area contributed by atoms with E-state index in [1.54, 1.807) is 6.07 Å². The van der Waals surface area contributed by atoms with Crippen LogP contribution >= 0.6 is 15.9 Å². The Morgan fingerprint density at radius 2 is 2.09 bits per heavy atom. The largest absolute Gasteiger partial charge is 0.326 e. The Bertz CT molecular complexity index is 962. The second-order valence-electron chi connectivity index (χ2n) is 5.21. The number of hydrogen-bond donors (Lipinski definition) is 2. The second-order valence-corrected chi connectivity index (χ2v) is 6.06. The summed E-state index contributed by atoms with van der Waals surface area (Å²) < 4.78 is 15.2. The first-order chi connectivity index (χ1) is 10.9. The standard InChI is InChI=1S/C16H13BrFN3O2/c1-9-2-4-12(11(17)6-9)19-15(22)8-21-14-5-3-10(18)7-13(14)20-16(21)23/h2-7H,8H2,1H3,(H,19,22)(H,20,23). The van der Waals surface area contributed by atoms with Crippen LogP contribution in [0.2, 0.25) is 0 Å². The van der Waals surface area contributed by atoms with Gasteiger partial charge in [0.15, 0.2) is 0 Å². The van der Waals surface area contributed by atoms with Gasteiger partial charge in [0.1, 0.15) is 12.4 Å². The SMILES string of the molecule is Cc1ccc(NC(=O)Cn2c(=O)[nH]c3cc(F)ccc32)c(Br)c1. The van der Waals surface area contributed by atoms with Crippen molar-refractivity contribution < 1.29 is 9.18 Å². The Morgan fingerprint density at radius 3 is 2.83 bits per heavy atom. The van der Waals surface area contributed by atoms with Gasteiger partial charge in [0.2, 0.25) is 5.91 Å². The van der Waals surface area contributed by atoms with Crippen LogP contribution in [0.4, 0.5) is 10.1 Å². The highest BCUT2D eigenvalue weighted by molar-refractivity contribution is 9.10. The molecular formula is C16H13BrFN3O2. The minimum atomic E-state index is -0.455. The van der Waals surface area contributed by atoms with Crippen LogP contribution in [0.25, 0.3) is 11.0 Å². The molecule has 0 saturated carbocycles. The van der Waals surface area contributed by atoms with Gasteiger partial charge in [-0.25, -0.2) is 9.18 Å². The number of amides is 1. The summed E-state index contributed by atoms with van der Waals surface area (Å²) in [4.78, 5) is 26.7. The number of anilines is 1. The smallest absolute Gasteiger partial charge is 0.324 e. The minimum Gasteiger partial charge on any atom is -0.324 e. The first kappa shape index (κ1) is 15.5. The zero-order chi connectivity index (χ0) is 16.6. The summed E-state index contributed by atoms with van der Waals surface area (Å²) in [5.41, 5.74) is 2.07. The van der Waals surface area contributed by atoms with Gasteiger partial charge in [0.05, 0.1) is 16.7 Å². The predicted molar refractivity (Wildman–Crippen MR) is 90.0 cm³/mol. The quantitative estimate of drug-likeness (QED) is 0.735. The molecule has 0 spiro atoms. The van der Waals surface area contributed by atoms with Crippen molar-refractivity contribution in [3.8, 4) is 0 Å². The fraction of sp³-hybridized carbons (Fsp3) is 0.125. The highest BCUT2D eigenvalue weighted by atomic mass is 79.9. The van der Waals surface area contributed by atoms with Crippen molar-refractivity contribution in [3.63, 3.8) is 0 Å². The van der Waals surface area contributed by atoms with Crippen LogP contribution in [0.15, 0.2) is 45.7 Å². The minimum absolute atomic E-state index is 0.162. The first-order valence-corrected chi connectivity index (χ1v) is 7.67. The highest BCUT2D eigenvalue weighted by Gasteiger charge is 2.12. The molecule has 23 heavy (non-hydrogen) atoms. The van der Waals surface area contributed by atoms with Crippen LogP contribution in [0.5, 0.6) is 0 Å². The van der Waals surface area contributed by atoms with Gasteiger partial charge in [-0.3, -0.25) is 9.36 Å². The van der Waals surface area contributed by atoms with Crippen molar-refractivity contribution >= 4 is 38.6 Å². The fourth-order valence-electron chi connectivity index (χ4n) is 2.35. The van der Waals surface area contributed by atoms with Crippen molar-refractivity contribution in [2.45, 2.75) is 13.5 Å². The van der Waals surface area contributed by atoms with E-state index in [0.29, 0.717) is 16.7 Å². The van der Waals surface area contributed by atoms with Gasteiger partial charge >= 0.3 is 5.69 Å². The lowest BCUT2D eigenvalue weighted by molar-refractivity contribution is -0.116. The lowest BCUT2D eigenvalue weighted by Crippen LogP contribution is -2.26. The van der Waals surface area contributed by atoms with Crippen LogP contribution in [0.3, 0.4) is 0 Å². The molecule has 0 aliphatic rings. The molecule has 0 saturated heterocycles. The number of aryl methyl sites for hydroxylation is 1. The van der Waals surface area contributed by atoms with Crippen molar-refractivity contribution in [3.05, 3.63) is 62.7 Å². The molecule has 1 amide bonds. The summed E-state index contributed by atoms with van der Waals surface area (Å²) >= 11 is 3.38. The van der Waals surface area contributed by atoms with E-state index in [1.807, 2.05) is 19.1 Å². The predicted octanol–water partition coefficient (Wildman–Crippen LogP) is 3.18. The van der Waals surface area contributed by atoms with Crippen LogP contribution in [-0.2, 0) is 11.3 Å². The van der Waals surface area contributed by atoms with Gasteiger partial charge in [-0.1, -0.05) is 6.07 Å². The maximum absolute atomic E-state index is 13.2. The van der Waals surface area contributed by atoms with Crippen molar-refractivity contribution in [2.24, 2.45) is 0 Å². The lowest BCUT2D eigenvalue weighted by atomic mass is 10.2. The average molecular weight is 378 g/mol. The second kappa shape index (κ2) is 6.00. The number of fused-ring (bicyclic) bond motifs is 1. The number of benzene rings is 2. The summed E-state index contributed by atoms with van der Waals surface area (Å²) in [7, 11) is 0. The van der Waals surface area contributed by atoms with Crippen LogP contribution in [0.1, 0.15) is 5.56 Å². The molecule has 1 aromatic heterocycles. The molecule has 118 valence electrons. The molecular weight excluding hydrogens is 365 g/mol. The normalized spacial score (nSPS) is 10.9. The van der Waals surface area contributed by atoms with Gasteiger partial charge in [-0.2, -0.15) is 0 Å². The van der Waals surface area contributed by atoms with Gasteiger partial charge in [0.25, 0.3) is 0 Å². The maximum Gasteiger partial charge on any atom is 0.326 e.